The van der Waals surface area contributed by atoms with E-state index in [0.717, 1.165) is 5.56 Å². The van der Waals surface area contributed by atoms with Crippen molar-refractivity contribution in [1.82, 2.24) is 10.9 Å². The monoisotopic (exact) mass is 357 g/mol. The lowest BCUT2D eigenvalue weighted by Crippen LogP contribution is -2.47. The van der Waals surface area contributed by atoms with Crippen molar-refractivity contribution in [3.05, 3.63) is 64.7 Å². The average Bonchev–Trinajstić information content (AvgIpc) is 2.62. The maximum atomic E-state index is 12.0. The summed E-state index contributed by atoms with van der Waals surface area (Å²) in [6.45, 7) is 1.55. The molecule has 1 unspecified atom stereocenters. The summed E-state index contributed by atoms with van der Waals surface area (Å²) in [7, 11) is 0. The van der Waals surface area contributed by atoms with Gasteiger partial charge in [0.05, 0.1) is 18.1 Å². The van der Waals surface area contributed by atoms with E-state index in [1.165, 1.54) is 0 Å². The molecular weight excluding hydrogens is 342 g/mol. The van der Waals surface area contributed by atoms with Gasteiger partial charge in [-0.1, -0.05) is 23.7 Å². The van der Waals surface area contributed by atoms with E-state index in [9.17, 15) is 9.59 Å². The number of amides is 2. The molecule has 25 heavy (non-hydrogen) atoms. The molecule has 2 aromatic rings. The predicted molar refractivity (Wildman–Crippen MR) is 92.7 cm³/mol. The summed E-state index contributed by atoms with van der Waals surface area (Å²) in [5, 5.41) is 9.33. The molecule has 0 fully saturated rings. The Morgan fingerprint density at radius 1 is 1.12 bits per heavy atom. The molecule has 0 spiro atoms. The van der Waals surface area contributed by atoms with Gasteiger partial charge in [0.2, 0.25) is 5.91 Å². The Bertz CT molecular complexity index is 783. The van der Waals surface area contributed by atoms with Crippen LogP contribution >= 0.6 is 11.6 Å². The van der Waals surface area contributed by atoms with Gasteiger partial charge in [0.25, 0.3) is 5.91 Å². The highest BCUT2D eigenvalue weighted by Gasteiger charge is 2.15. The van der Waals surface area contributed by atoms with Crippen LogP contribution in [0.4, 0.5) is 0 Å². The maximum Gasteiger partial charge on any atom is 0.279 e. The zero-order valence-corrected chi connectivity index (χ0v) is 14.2. The Morgan fingerprint density at radius 3 is 2.36 bits per heavy atom. The van der Waals surface area contributed by atoms with Gasteiger partial charge in [-0.25, -0.2) is 0 Å². The number of hydrogen-bond donors (Lipinski definition) is 2. The number of ether oxygens (including phenoxy) is 1. The van der Waals surface area contributed by atoms with Crippen LogP contribution in [-0.2, 0) is 16.0 Å². The zero-order chi connectivity index (χ0) is 18.2. The number of carbonyl (C=O) groups is 2. The highest BCUT2D eigenvalue weighted by molar-refractivity contribution is 6.30. The zero-order valence-electron chi connectivity index (χ0n) is 13.5. The maximum absolute atomic E-state index is 12.0. The Hall–Kier alpha value is -3.04. The summed E-state index contributed by atoms with van der Waals surface area (Å²) in [5.74, 6) is -0.399. The van der Waals surface area contributed by atoms with Gasteiger partial charge in [-0.15, -0.1) is 0 Å². The van der Waals surface area contributed by atoms with Gasteiger partial charge in [0, 0.05) is 5.02 Å². The molecule has 1 atom stereocenters. The molecule has 0 radical (unpaired) electrons. The topological polar surface area (TPSA) is 91.2 Å². The first kappa shape index (κ1) is 18.3. The van der Waals surface area contributed by atoms with Crippen LogP contribution in [0.2, 0.25) is 5.02 Å². The van der Waals surface area contributed by atoms with E-state index in [1.54, 1.807) is 55.5 Å². The van der Waals surface area contributed by atoms with E-state index in [1.807, 2.05) is 6.07 Å². The van der Waals surface area contributed by atoms with Gasteiger partial charge in [0.1, 0.15) is 5.75 Å². The first-order valence-electron chi connectivity index (χ1n) is 7.48. The first-order chi connectivity index (χ1) is 12.0. The molecule has 2 aromatic carbocycles. The van der Waals surface area contributed by atoms with Crippen molar-refractivity contribution in [2.24, 2.45) is 0 Å². The van der Waals surface area contributed by atoms with Crippen molar-refractivity contribution < 1.29 is 14.3 Å². The molecule has 0 saturated carbocycles. The normalized spacial score (nSPS) is 11.1. The van der Waals surface area contributed by atoms with Crippen molar-refractivity contribution in [3.8, 4) is 11.8 Å². The molecule has 0 aromatic heterocycles. The number of rotatable bonds is 5. The molecule has 0 saturated heterocycles. The number of benzene rings is 2. The highest BCUT2D eigenvalue weighted by Crippen LogP contribution is 2.13. The van der Waals surface area contributed by atoms with E-state index < -0.39 is 12.0 Å². The second kappa shape index (κ2) is 8.71. The molecule has 128 valence electrons. The molecule has 0 bridgehead atoms. The van der Waals surface area contributed by atoms with Crippen LogP contribution in [-0.4, -0.2) is 17.9 Å². The number of nitrogens with zero attached hydrogens (tertiary/aromatic N) is 1. The fourth-order valence-corrected chi connectivity index (χ4v) is 2.06. The van der Waals surface area contributed by atoms with E-state index >= 15 is 0 Å². The van der Waals surface area contributed by atoms with Crippen LogP contribution in [0.25, 0.3) is 0 Å². The molecule has 0 aliphatic carbocycles. The SMILES string of the molecule is CC(Oc1ccc(C#N)cc1)C(=O)NNC(=O)Cc1ccc(Cl)cc1. The standard InChI is InChI=1S/C18H16ClN3O3/c1-12(25-16-8-4-14(11-20)5-9-16)18(24)22-21-17(23)10-13-2-6-15(19)7-3-13/h2-9,12H,10H2,1H3,(H,21,23)(H,22,24). The van der Waals surface area contributed by atoms with Crippen LogP contribution in [0.5, 0.6) is 5.75 Å². The largest absolute Gasteiger partial charge is 0.481 e. The molecule has 2 N–H and O–H groups in total. The minimum Gasteiger partial charge on any atom is -0.481 e. The quantitative estimate of drug-likeness (QED) is 0.804. The van der Waals surface area contributed by atoms with Gasteiger partial charge in [-0.05, 0) is 48.9 Å². The second-order valence-corrected chi connectivity index (χ2v) is 5.67. The fourth-order valence-electron chi connectivity index (χ4n) is 1.93. The highest BCUT2D eigenvalue weighted by atomic mass is 35.5. The van der Waals surface area contributed by atoms with E-state index in [0.29, 0.717) is 16.3 Å². The van der Waals surface area contributed by atoms with Gasteiger partial charge < -0.3 is 4.74 Å². The Labute approximate surface area is 150 Å². The Balaban J connectivity index is 1.79. The van der Waals surface area contributed by atoms with Crippen molar-refractivity contribution in [2.75, 3.05) is 0 Å². The van der Waals surface area contributed by atoms with Crippen molar-refractivity contribution in [3.63, 3.8) is 0 Å². The average molecular weight is 358 g/mol. The number of nitrogens with one attached hydrogen (secondary N) is 2. The molecule has 2 amide bonds. The van der Waals surface area contributed by atoms with Gasteiger partial charge >= 0.3 is 0 Å². The molecule has 7 heteroatoms. The van der Waals surface area contributed by atoms with Crippen LogP contribution in [0.3, 0.4) is 0 Å². The van der Waals surface area contributed by atoms with Gasteiger partial charge in [-0.3, -0.25) is 20.4 Å². The lowest BCUT2D eigenvalue weighted by molar-refractivity contribution is -0.132. The van der Waals surface area contributed by atoms with Crippen LogP contribution < -0.4 is 15.6 Å². The third-order valence-corrected chi connectivity index (χ3v) is 3.52. The number of nitriles is 1. The summed E-state index contributed by atoms with van der Waals surface area (Å²) in [4.78, 5) is 23.8. The van der Waals surface area contributed by atoms with Crippen LogP contribution in [0.15, 0.2) is 48.5 Å². The predicted octanol–water partition coefficient (Wildman–Crippen LogP) is 2.37. The van der Waals surface area contributed by atoms with Gasteiger partial charge in [-0.2, -0.15) is 5.26 Å². The molecule has 0 aliphatic heterocycles. The number of halogens is 1. The third-order valence-electron chi connectivity index (χ3n) is 3.27. The minimum atomic E-state index is -0.816. The van der Waals surface area contributed by atoms with Crippen molar-refractivity contribution in [2.45, 2.75) is 19.4 Å². The molecule has 0 aliphatic rings. The van der Waals surface area contributed by atoms with Crippen molar-refractivity contribution >= 4 is 23.4 Å². The van der Waals surface area contributed by atoms with E-state index in [4.69, 9.17) is 21.6 Å². The summed E-state index contributed by atoms with van der Waals surface area (Å²) < 4.78 is 5.45. The minimum absolute atomic E-state index is 0.113. The molecule has 6 nitrogen and oxygen atoms in total. The van der Waals surface area contributed by atoms with Gasteiger partial charge in [0.15, 0.2) is 6.10 Å². The first-order valence-corrected chi connectivity index (χ1v) is 7.85. The number of carbonyl (C=O) groups excluding carboxylic acids is 2. The molecular formula is C18H16ClN3O3. The van der Waals surface area contributed by atoms with E-state index in [-0.39, 0.29) is 12.3 Å². The Kier molecular flexibility index (Phi) is 6.38. The summed E-state index contributed by atoms with van der Waals surface area (Å²) >= 11 is 5.78. The van der Waals surface area contributed by atoms with Crippen LogP contribution in [0.1, 0.15) is 18.1 Å². The third kappa shape index (κ3) is 5.83. The number of hydrazine groups is 1. The number of hydrogen-bond acceptors (Lipinski definition) is 4. The molecule has 0 heterocycles. The fraction of sp³-hybridized carbons (Fsp3) is 0.167. The molecule has 2 rings (SSSR count). The lowest BCUT2D eigenvalue weighted by atomic mass is 10.1. The Morgan fingerprint density at radius 2 is 1.76 bits per heavy atom. The second-order valence-electron chi connectivity index (χ2n) is 5.24. The van der Waals surface area contributed by atoms with E-state index in [2.05, 4.69) is 10.9 Å². The summed E-state index contributed by atoms with van der Waals surface area (Å²) in [5.41, 5.74) is 5.93. The summed E-state index contributed by atoms with van der Waals surface area (Å²) in [6.07, 6.45) is -0.703. The van der Waals surface area contributed by atoms with Crippen molar-refractivity contribution in [1.29, 1.82) is 5.26 Å². The smallest absolute Gasteiger partial charge is 0.279 e. The summed E-state index contributed by atoms with van der Waals surface area (Å²) in [6, 6.07) is 15.2. The lowest BCUT2D eigenvalue weighted by Gasteiger charge is -2.15. The van der Waals surface area contributed by atoms with Crippen LogP contribution in [0, 0.1) is 11.3 Å².